The molecular weight excluding hydrogens is 326 g/mol. The number of carbonyl (C=O) groups is 3. The number of aliphatic carboxylic acids is 3. The molecular formula is C18H25NO6. The Labute approximate surface area is 146 Å². The number of carboxylic acid groups (broad SMARTS) is 3. The van der Waals surface area contributed by atoms with E-state index in [9.17, 15) is 24.6 Å². The van der Waals surface area contributed by atoms with Gasteiger partial charge in [-0.15, -0.1) is 0 Å². The summed E-state index contributed by atoms with van der Waals surface area (Å²) in [6, 6.07) is 1.69. The van der Waals surface area contributed by atoms with E-state index in [0.29, 0.717) is 23.2 Å². The van der Waals surface area contributed by atoms with E-state index in [0.717, 1.165) is 0 Å². The molecule has 0 aliphatic rings. The molecule has 3 N–H and O–H groups in total. The lowest BCUT2D eigenvalue weighted by molar-refractivity contribution is -0.143. The first-order chi connectivity index (χ1) is 11.5. The van der Waals surface area contributed by atoms with Gasteiger partial charge in [-0.25, -0.2) is 0 Å². The molecule has 1 heterocycles. The van der Waals surface area contributed by atoms with E-state index in [4.69, 9.17) is 5.11 Å². The van der Waals surface area contributed by atoms with Gasteiger partial charge >= 0.3 is 17.9 Å². The highest BCUT2D eigenvalue weighted by Crippen LogP contribution is 2.31. The molecule has 0 amide bonds. The molecule has 25 heavy (non-hydrogen) atoms. The van der Waals surface area contributed by atoms with Crippen LogP contribution in [0.5, 0.6) is 0 Å². The third-order valence-corrected chi connectivity index (χ3v) is 4.64. The van der Waals surface area contributed by atoms with E-state index < -0.39 is 35.2 Å². The average molecular weight is 351 g/mol. The van der Waals surface area contributed by atoms with Crippen LogP contribution in [0.15, 0.2) is 12.3 Å². The van der Waals surface area contributed by atoms with Gasteiger partial charge in [0.25, 0.3) is 0 Å². The lowest BCUT2D eigenvalue weighted by Crippen LogP contribution is -2.34. The quantitative estimate of drug-likeness (QED) is 0.623. The van der Waals surface area contributed by atoms with Crippen molar-refractivity contribution in [2.75, 3.05) is 0 Å². The van der Waals surface area contributed by atoms with Gasteiger partial charge in [0.05, 0.1) is 17.5 Å². The van der Waals surface area contributed by atoms with Crippen molar-refractivity contribution in [3.63, 3.8) is 0 Å². The molecule has 3 unspecified atom stereocenters. The smallest absolute Gasteiger partial charge is 0.315 e. The average Bonchev–Trinajstić information content (AvgIpc) is 2.53. The summed E-state index contributed by atoms with van der Waals surface area (Å²) < 4.78 is 0. The van der Waals surface area contributed by atoms with Crippen LogP contribution in [0, 0.1) is 11.8 Å². The monoisotopic (exact) mass is 351 g/mol. The minimum absolute atomic E-state index is 0.135. The number of aromatic nitrogens is 1. The predicted octanol–water partition coefficient (Wildman–Crippen LogP) is 2.36. The summed E-state index contributed by atoms with van der Waals surface area (Å²) in [5, 5.41) is 27.8. The first kappa shape index (κ1) is 20.6. The number of pyridine rings is 1. The summed E-state index contributed by atoms with van der Waals surface area (Å²) in [5.74, 6) is -4.27. The van der Waals surface area contributed by atoms with Crippen LogP contribution in [0.4, 0.5) is 0 Å². The Hall–Kier alpha value is -2.44. The fraction of sp³-hybridized carbons (Fsp3) is 0.556. The summed E-state index contributed by atoms with van der Waals surface area (Å²) in [6.45, 7) is 6.42. The zero-order valence-corrected chi connectivity index (χ0v) is 14.9. The van der Waals surface area contributed by atoms with E-state index in [1.807, 2.05) is 0 Å². The molecule has 0 aliphatic carbocycles. The highest BCUT2D eigenvalue weighted by molar-refractivity contribution is 5.81. The van der Waals surface area contributed by atoms with Crippen molar-refractivity contribution in [3.8, 4) is 0 Å². The van der Waals surface area contributed by atoms with Gasteiger partial charge in [-0.1, -0.05) is 26.8 Å². The van der Waals surface area contributed by atoms with Gasteiger partial charge in [0.15, 0.2) is 0 Å². The van der Waals surface area contributed by atoms with Gasteiger partial charge < -0.3 is 15.3 Å². The molecule has 1 aromatic heterocycles. The standard InChI is InChI=1S/C18H25NO6/c1-5-18(4,17(24)25)14-13(7-11(3)16(22)23)8-12(9-19-14)6-10(2)15(20)21/h8-11H,5-7H2,1-4H3,(H,20,21)(H,22,23)(H,24,25). The number of nitrogens with zero attached hydrogens (tertiary/aromatic N) is 1. The molecule has 0 spiro atoms. The molecule has 0 bridgehead atoms. The Kier molecular flexibility index (Phi) is 6.67. The Morgan fingerprint density at radius 2 is 1.60 bits per heavy atom. The Morgan fingerprint density at radius 3 is 2.04 bits per heavy atom. The maximum Gasteiger partial charge on any atom is 0.315 e. The highest BCUT2D eigenvalue weighted by Gasteiger charge is 2.37. The zero-order chi connectivity index (χ0) is 19.4. The molecule has 0 radical (unpaired) electrons. The second-order valence-corrected chi connectivity index (χ2v) is 6.73. The fourth-order valence-electron chi connectivity index (χ4n) is 2.60. The van der Waals surface area contributed by atoms with Gasteiger partial charge in [-0.3, -0.25) is 19.4 Å². The number of carboxylic acids is 3. The third-order valence-electron chi connectivity index (χ3n) is 4.64. The maximum absolute atomic E-state index is 11.7. The van der Waals surface area contributed by atoms with Crippen LogP contribution in [0.1, 0.15) is 50.9 Å². The molecule has 0 aromatic carbocycles. The summed E-state index contributed by atoms with van der Waals surface area (Å²) in [5.41, 5.74) is 0.291. The van der Waals surface area contributed by atoms with E-state index in [-0.39, 0.29) is 12.8 Å². The van der Waals surface area contributed by atoms with Crippen LogP contribution in [0.3, 0.4) is 0 Å². The first-order valence-corrected chi connectivity index (χ1v) is 8.20. The zero-order valence-electron chi connectivity index (χ0n) is 14.9. The van der Waals surface area contributed by atoms with E-state index in [1.54, 1.807) is 33.8 Å². The Bertz CT molecular complexity index is 672. The van der Waals surface area contributed by atoms with Crippen LogP contribution in [0.2, 0.25) is 0 Å². The van der Waals surface area contributed by atoms with E-state index in [1.165, 1.54) is 6.20 Å². The van der Waals surface area contributed by atoms with Crippen molar-refractivity contribution < 1.29 is 29.7 Å². The van der Waals surface area contributed by atoms with Crippen molar-refractivity contribution in [1.29, 1.82) is 0 Å². The number of hydrogen-bond acceptors (Lipinski definition) is 4. The summed E-state index contributed by atoms with van der Waals surface area (Å²) in [6.07, 6.45) is 2.16. The van der Waals surface area contributed by atoms with Crippen LogP contribution >= 0.6 is 0 Å². The Balaban J connectivity index is 3.38. The molecule has 138 valence electrons. The minimum atomic E-state index is -1.23. The van der Waals surface area contributed by atoms with E-state index in [2.05, 4.69) is 4.98 Å². The molecule has 0 fully saturated rings. The SMILES string of the molecule is CCC(C)(C(=O)O)c1ncc(CC(C)C(=O)O)cc1CC(C)C(=O)O. The first-order valence-electron chi connectivity index (χ1n) is 8.20. The molecule has 0 aliphatic heterocycles. The summed E-state index contributed by atoms with van der Waals surface area (Å²) in [7, 11) is 0. The van der Waals surface area contributed by atoms with Crippen molar-refractivity contribution in [2.45, 2.75) is 52.4 Å². The topological polar surface area (TPSA) is 125 Å². The third kappa shape index (κ3) is 4.78. The summed E-state index contributed by atoms with van der Waals surface area (Å²) in [4.78, 5) is 38.3. The molecule has 3 atom stereocenters. The normalized spacial score (nSPS) is 15.8. The van der Waals surface area contributed by atoms with Gasteiger partial charge in [0, 0.05) is 6.20 Å². The fourth-order valence-corrected chi connectivity index (χ4v) is 2.60. The van der Waals surface area contributed by atoms with Gasteiger partial charge in [-0.05, 0) is 37.3 Å². The van der Waals surface area contributed by atoms with Gasteiger partial charge in [0.1, 0.15) is 5.41 Å². The summed E-state index contributed by atoms with van der Waals surface area (Å²) >= 11 is 0. The maximum atomic E-state index is 11.7. The lowest BCUT2D eigenvalue weighted by atomic mass is 9.79. The van der Waals surface area contributed by atoms with Crippen LogP contribution < -0.4 is 0 Å². The highest BCUT2D eigenvalue weighted by atomic mass is 16.4. The molecule has 1 rings (SSSR count). The molecule has 0 saturated carbocycles. The molecule has 0 saturated heterocycles. The number of hydrogen-bond donors (Lipinski definition) is 3. The lowest BCUT2D eigenvalue weighted by Gasteiger charge is -2.26. The van der Waals surface area contributed by atoms with E-state index >= 15 is 0 Å². The molecule has 7 nitrogen and oxygen atoms in total. The van der Waals surface area contributed by atoms with Crippen LogP contribution in [-0.4, -0.2) is 38.2 Å². The van der Waals surface area contributed by atoms with Gasteiger partial charge in [-0.2, -0.15) is 0 Å². The van der Waals surface area contributed by atoms with Crippen molar-refractivity contribution in [3.05, 3.63) is 29.1 Å². The molecule has 7 heteroatoms. The Morgan fingerprint density at radius 1 is 1.08 bits per heavy atom. The number of rotatable bonds is 9. The predicted molar refractivity (Wildman–Crippen MR) is 90.5 cm³/mol. The minimum Gasteiger partial charge on any atom is -0.481 e. The van der Waals surface area contributed by atoms with Crippen molar-refractivity contribution >= 4 is 17.9 Å². The largest absolute Gasteiger partial charge is 0.481 e. The second kappa shape index (κ2) is 8.09. The van der Waals surface area contributed by atoms with Crippen molar-refractivity contribution in [1.82, 2.24) is 4.98 Å². The van der Waals surface area contributed by atoms with Gasteiger partial charge in [0.2, 0.25) is 0 Å². The van der Waals surface area contributed by atoms with Crippen molar-refractivity contribution in [2.24, 2.45) is 11.8 Å². The van der Waals surface area contributed by atoms with Crippen LogP contribution in [-0.2, 0) is 32.6 Å². The van der Waals surface area contributed by atoms with Crippen LogP contribution in [0.25, 0.3) is 0 Å². The second-order valence-electron chi connectivity index (χ2n) is 6.73. The molecule has 1 aromatic rings.